The fourth-order valence-electron chi connectivity index (χ4n) is 1.72. The Bertz CT molecular complexity index is 240. The molecule has 5 heteroatoms. The maximum absolute atomic E-state index is 11.3. The van der Waals surface area contributed by atoms with Crippen molar-refractivity contribution in [3.8, 4) is 0 Å². The first-order valence-electron chi connectivity index (χ1n) is 7.15. The van der Waals surface area contributed by atoms with Crippen LogP contribution < -0.4 is 0 Å². The average molecular weight is 274 g/mol. The van der Waals surface area contributed by atoms with Crippen LogP contribution in [0.2, 0.25) is 0 Å². The van der Waals surface area contributed by atoms with Crippen LogP contribution in [-0.4, -0.2) is 35.4 Å². The van der Waals surface area contributed by atoms with Gasteiger partial charge in [0, 0.05) is 19.4 Å². The molecule has 0 radical (unpaired) electrons. The van der Waals surface area contributed by atoms with Gasteiger partial charge in [-0.15, -0.1) is 0 Å². The second-order valence-electron chi connectivity index (χ2n) is 4.67. The lowest BCUT2D eigenvalue weighted by molar-refractivity contribution is -0.144. The molecule has 0 aliphatic heterocycles. The summed E-state index contributed by atoms with van der Waals surface area (Å²) >= 11 is 0. The van der Waals surface area contributed by atoms with Crippen LogP contribution in [0.4, 0.5) is 0 Å². The summed E-state index contributed by atoms with van der Waals surface area (Å²) in [5.41, 5.74) is 0. The quantitative estimate of drug-likeness (QED) is 0.398. The number of ether oxygens (including phenoxy) is 1. The molecule has 0 unspecified atom stereocenters. The number of aliphatic carboxylic acids is 1. The molecule has 0 aromatic rings. The van der Waals surface area contributed by atoms with Gasteiger partial charge in [-0.1, -0.05) is 19.3 Å². The number of esters is 1. The second kappa shape index (κ2) is 13.3. The van der Waals surface area contributed by atoms with Crippen molar-refractivity contribution in [2.24, 2.45) is 0 Å². The monoisotopic (exact) mass is 274 g/mol. The van der Waals surface area contributed by atoms with E-state index < -0.39 is 5.97 Å². The Morgan fingerprint density at radius 3 is 2.00 bits per heavy atom. The van der Waals surface area contributed by atoms with Crippen LogP contribution in [0.3, 0.4) is 0 Å². The van der Waals surface area contributed by atoms with Gasteiger partial charge in [0.1, 0.15) is 0 Å². The number of carbonyl (C=O) groups is 2. The Kier molecular flexibility index (Phi) is 12.6. The first kappa shape index (κ1) is 17.9. The highest BCUT2D eigenvalue weighted by atomic mass is 16.5. The minimum atomic E-state index is -0.763. The third-order valence-corrected chi connectivity index (χ3v) is 2.84. The molecular weight excluding hydrogens is 248 g/mol. The summed E-state index contributed by atoms with van der Waals surface area (Å²) in [7, 11) is 0. The summed E-state index contributed by atoms with van der Waals surface area (Å²) < 4.78 is 5.07. The number of carbonyl (C=O) groups excluding carboxylic acids is 1. The molecule has 0 saturated carbocycles. The van der Waals surface area contributed by atoms with Crippen molar-refractivity contribution in [3.63, 3.8) is 0 Å². The van der Waals surface area contributed by atoms with Gasteiger partial charge in [-0.05, 0) is 32.1 Å². The average Bonchev–Trinajstić information content (AvgIpc) is 2.37. The van der Waals surface area contributed by atoms with Crippen LogP contribution in [0, 0.1) is 0 Å². The van der Waals surface area contributed by atoms with Gasteiger partial charge in [-0.25, -0.2) is 0 Å². The first-order chi connectivity index (χ1) is 9.16. The molecule has 0 rings (SSSR count). The molecule has 0 amide bonds. The molecule has 0 aromatic heterocycles. The Hall–Kier alpha value is -1.10. The maximum atomic E-state index is 11.3. The maximum Gasteiger partial charge on any atom is 0.305 e. The van der Waals surface area contributed by atoms with Crippen LogP contribution in [0.5, 0.6) is 0 Å². The Morgan fingerprint density at radius 1 is 0.789 bits per heavy atom. The van der Waals surface area contributed by atoms with E-state index in [1.807, 2.05) is 0 Å². The predicted molar refractivity (Wildman–Crippen MR) is 71.9 cm³/mol. The molecule has 0 spiro atoms. The zero-order valence-corrected chi connectivity index (χ0v) is 11.6. The van der Waals surface area contributed by atoms with Crippen LogP contribution in [0.25, 0.3) is 0 Å². The van der Waals surface area contributed by atoms with Gasteiger partial charge < -0.3 is 14.9 Å². The van der Waals surface area contributed by atoms with Crippen molar-refractivity contribution in [1.82, 2.24) is 0 Å². The summed E-state index contributed by atoms with van der Waals surface area (Å²) in [4.78, 5) is 21.6. The molecule has 0 atom stereocenters. The summed E-state index contributed by atoms with van der Waals surface area (Å²) in [6.45, 7) is 0.685. The molecule has 0 bridgehead atoms. The van der Waals surface area contributed by atoms with E-state index in [9.17, 15) is 9.59 Å². The second-order valence-corrected chi connectivity index (χ2v) is 4.67. The topological polar surface area (TPSA) is 83.8 Å². The van der Waals surface area contributed by atoms with Gasteiger partial charge in [0.25, 0.3) is 0 Å². The molecule has 2 N–H and O–H groups in total. The zero-order valence-electron chi connectivity index (χ0n) is 11.6. The Balaban J connectivity index is 3.19. The molecule has 0 heterocycles. The summed E-state index contributed by atoms with van der Waals surface area (Å²) in [5.74, 6) is -0.930. The fraction of sp³-hybridized carbons (Fsp3) is 0.857. The van der Waals surface area contributed by atoms with Gasteiger partial charge >= 0.3 is 11.9 Å². The number of hydrogen-bond acceptors (Lipinski definition) is 4. The third-order valence-electron chi connectivity index (χ3n) is 2.84. The third kappa shape index (κ3) is 14.8. The number of carboxylic acids is 1. The predicted octanol–water partition coefficient (Wildman–Crippen LogP) is 2.51. The summed E-state index contributed by atoms with van der Waals surface area (Å²) in [6.07, 6.45) is 7.40. The van der Waals surface area contributed by atoms with E-state index in [-0.39, 0.29) is 19.0 Å². The molecule has 0 aliphatic carbocycles. The van der Waals surface area contributed by atoms with Gasteiger partial charge in [-0.3, -0.25) is 9.59 Å². The Morgan fingerprint density at radius 2 is 1.37 bits per heavy atom. The van der Waals surface area contributed by atoms with Crippen molar-refractivity contribution in [3.05, 3.63) is 0 Å². The van der Waals surface area contributed by atoms with E-state index in [2.05, 4.69) is 0 Å². The number of unbranched alkanes of at least 4 members (excludes halogenated alkanes) is 6. The van der Waals surface area contributed by atoms with Crippen molar-refractivity contribution in [2.45, 2.75) is 64.2 Å². The highest BCUT2D eigenvalue weighted by molar-refractivity contribution is 5.69. The van der Waals surface area contributed by atoms with Gasteiger partial charge in [0.2, 0.25) is 0 Å². The normalized spacial score (nSPS) is 10.4. The van der Waals surface area contributed by atoms with Gasteiger partial charge in [0.05, 0.1) is 6.61 Å². The van der Waals surface area contributed by atoms with Crippen molar-refractivity contribution < 1.29 is 24.5 Å². The van der Waals surface area contributed by atoms with E-state index in [0.717, 1.165) is 44.9 Å². The van der Waals surface area contributed by atoms with E-state index in [0.29, 0.717) is 19.4 Å². The van der Waals surface area contributed by atoms with E-state index in [4.69, 9.17) is 14.9 Å². The Labute approximate surface area is 115 Å². The van der Waals surface area contributed by atoms with Crippen LogP contribution in [0.15, 0.2) is 0 Å². The molecule has 0 saturated heterocycles. The van der Waals surface area contributed by atoms with Crippen LogP contribution in [-0.2, 0) is 14.3 Å². The van der Waals surface area contributed by atoms with Crippen molar-refractivity contribution >= 4 is 11.9 Å². The first-order valence-corrected chi connectivity index (χ1v) is 7.15. The summed E-state index contributed by atoms with van der Waals surface area (Å²) in [5, 5.41) is 17.0. The minimum absolute atomic E-state index is 0.166. The molecule has 0 fully saturated rings. The van der Waals surface area contributed by atoms with Crippen molar-refractivity contribution in [2.75, 3.05) is 13.2 Å². The molecule has 19 heavy (non-hydrogen) atoms. The highest BCUT2D eigenvalue weighted by Gasteiger charge is 2.03. The van der Waals surface area contributed by atoms with Gasteiger partial charge in [-0.2, -0.15) is 0 Å². The number of hydrogen-bond donors (Lipinski definition) is 2. The molecular formula is C14H26O5. The lowest BCUT2D eigenvalue weighted by Gasteiger charge is -2.04. The zero-order chi connectivity index (χ0) is 14.3. The highest BCUT2D eigenvalue weighted by Crippen LogP contribution is 2.07. The number of aliphatic hydroxyl groups is 1. The van der Waals surface area contributed by atoms with Gasteiger partial charge in [0.15, 0.2) is 0 Å². The molecule has 112 valence electrons. The lowest BCUT2D eigenvalue weighted by atomic mass is 10.1. The van der Waals surface area contributed by atoms with E-state index in [1.54, 1.807) is 0 Å². The largest absolute Gasteiger partial charge is 0.481 e. The standard InChI is InChI=1S/C14H26O5/c15-11-7-3-4-8-12-19-14(18)10-6-2-1-5-9-13(16)17/h15H,1-12H2,(H,16,17). The van der Waals surface area contributed by atoms with E-state index >= 15 is 0 Å². The van der Waals surface area contributed by atoms with Crippen LogP contribution in [0.1, 0.15) is 64.2 Å². The SMILES string of the molecule is O=C(O)CCCCCCC(=O)OCCCCCCO. The smallest absolute Gasteiger partial charge is 0.305 e. The fourth-order valence-corrected chi connectivity index (χ4v) is 1.72. The lowest BCUT2D eigenvalue weighted by Crippen LogP contribution is -2.05. The summed E-state index contributed by atoms with van der Waals surface area (Å²) in [6, 6.07) is 0. The number of carboxylic acid groups (broad SMARTS) is 1. The van der Waals surface area contributed by atoms with E-state index in [1.165, 1.54) is 0 Å². The van der Waals surface area contributed by atoms with Crippen molar-refractivity contribution in [1.29, 1.82) is 0 Å². The molecule has 0 aliphatic rings. The number of aliphatic hydroxyl groups excluding tert-OH is 1. The van der Waals surface area contributed by atoms with Crippen LogP contribution >= 0.6 is 0 Å². The minimum Gasteiger partial charge on any atom is -0.481 e. The molecule has 0 aromatic carbocycles. The molecule has 5 nitrogen and oxygen atoms in total. The number of rotatable bonds is 13.